The molecule has 0 rings (SSSR count). The fourth-order valence-corrected chi connectivity index (χ4v) is 0.421. The number of hydrazine groups is 1. The molecule has 0 unspecified atom stereocenters. The van der Waals surface area contributed by atoms with Crippen LogP contribution in [0.15, 0.2) is 0 Å². The molecule has 8 heavy (non-hydrogen) atoms. The molecule has 0 bridgehead atoms. The van der Waals surface area contributed by atoms with Crippen LogP contribution < -0.4 is 11.3 Å². The second kappa shape index (κ2) is 5.09. The van der Waals surface area contributed by atoms with Crippen LogP contribution in [-0.4, -0.2) is 26.1 Å². The highest BCUT2D eigenvalue weighted by Gasteiger charge is 1.96. The summed E-state index contributed by atoms with van der Waals surface area (Å²) >= 11 is 0. The molecule has 0 fully saturated rings. The van der Waals surface area contributed by atoms with E-state index in [1.807, 2.05) is 7.85 Å². The van der Waals surface area contributed by atoms with E-state index in [0.29, 0.717) is 5.82 Å². The van der Waals surface area contributed by atoms with Crippen molar-refractivity contribution in [2.24, 2.45) is 5.84 Å². The lowest BCUT2D eigenvalue weighted by molar-refractivity contribution is 0.284. The largest absolute Gasteiger partial charge is 0.397 e. The zero-order chi connectivity index (χ0) is 6.41. The van der Waals surface area contributed by atoms with Crippen molar-refractivity contribution in [2.75, 3.05) is 13.2 Å². The maximum Gasteiger partial charge on any atom is 0.108 e. The molecular weight excluding hydrogens is 103 g/mol. The molecule has 3 nitrogen and oxygen atoms in total. The van der Waals surface area contributed by atoms with Gasteiger partial charge in [-0.3, -0.25) is 11.3 Å². The smallest absolute Gasteiger partial charge is 0.108 e. The van der Waals surface area contributed by atoms with Crippen molar-refractivity contribution in [3.05, 3.63) is 0 Å². The molecule has 0 amide bonds. The molecule has 4 N–H and O–H groups in total. The molecule has 0 aliphatic rings. The van der Waals surface area contributed by atoms with Crippen molar-refractivity contribution in [1.29, 1.82) is 0 Å². The molecule has 4 heteroatoms. The first-order valence-electron chi connectivity index (χ1n) is 2.85. The molecule has 0 aromatic carbocycles. The van der Waals surface area contributed by atoms with Crippen LogP contribution in [0.5, 0.6) is 0 Å². The minimum Gasteiger partial charge on any atom is -0.397 e. The van der Waals surface area contributed by atoms with Gasteiger partial charge in [0.05, 0.1) is 0 Å². The summed E-state index contributed by atoms with van der Waals surface area (Å²) in [6, 6.07) is 0. The quantitative estimate of drug-likeness (QED) is 0.232. The van der Waals surface area contributed by atoms with Gasteiger partial charge in [0.2, 0.25) is 0 Å². The summed E-state index contributed by atoms with van der Waals surface area (Å²) in [5.41, 5.74) is 2.52. The summed E-state index contributed by atoms with van der Waals surface area (Å²) in [7, 11) is 1.98. The van der Waals surface area contributed by atoms with E-state index >= 15 is 0 Å². The van der Waals surface area contributed by atoms with Crippen LogP contribution in [0.25, 0.3) is 0 Å². The summed E-state index contributed by atoms with van der Waals surface area (Å²) in [4.78, 5) is 0. The highest BCUT2D eigenvalue weighted by molar-refractivity contribution is 6.11. The summed E-state index contributed by atoms with van der Waals surface area (Å²) in [5.74, 6) is 5.37. The second-order valence-corrected chi connectivity index (χ2v) is 2.03. The molecule has 0 radical (unpaired) electrons. The van der Waals surface area contributed by atoms with Crippen molar-refractivity contribution in [3.8, 4) is 0 Å². The average molecular weight is 116 g/mol. The van der Waals surface area contributed by atoms with Crippen LogP contribution in [0.3, 0.4) is 0 Å². The molecule has 48 valence electrons. The van der Waals surface area contributed by atoms with Gasteiger partial charge >= 0.3 is 0 Å². The van der Waals surface area contributed by atoms with Gasteiger partial charge in [-0.05, 0) is 12.2 Å². The van der Waals surface area contributed by atoms with Crippen molar-refractivity contribution in [3.63, 3.8) is 0 Å². The van der Waals surface area contributed by atoms with Crippen LogP contribution in [0, 0.1) is 0 Å². The monoisotopic (exact) mass is 116 g/mol. The van der Waals surface area contributed by atoms with Crippen LogP contribution in [0.2, 0.25) is 5.82 Å². The van der Waals surface area contributed by atoms with Crippen LogP contribution in [0.1, 0.15) is 6.42 Å². The Balaban J connectivity index is 2.86. The molecule has 1 atom stereocenters. The summed E-state index contributed by atoms with van der Waals surface area (Å²) < 4.78 is 0. The second-order valence-electron chi connectivity index (χ2n) is 2.03. The zero-order valence-corrected chi connectivity index (χ0v) is 5.22. The van der Waals surface area contributed by atoms with Crippen molar-refractivity contribution in [2.45, 2.75) is 12.2 Å². The fourth-order valence-electron chi connectivity index (χ4n) is 0.421. The Morgan fingerprint density at radius 3 is 2.75 bits per heavy atom. The Labute approximate surface area is 50.6 Å². The third-order valence-electron chi connectivity index (χ3n) is 1.09. The Morgan fingerprint density at radius 2 is 2.38 bits per heavy atom. The highest BCUT2D eigenvalue weighted by Crippen LogP contribution is 1.99. The molecule has 0 spiro atoms. The number of nitrogens with two attached hydrogens (primary N) is 1. The molecule has 0 saturated carbocycles. The SMILES string of the molecule is B[C@H](CO)CCNN. The zero-order valence-electron chi connectivity index (χ0n) is 5.22. The van der Waals surface area contributed by atoms with E-state index < -0.39 is 0 Å². The Hall–Kier alpha value is -0.0551. The van der Waals surface area contributed by atoms with Crippen LogP contribution in [0.4, 0.5) is 0 Å². The lowest BCUT2D eigenvalue weighted by Crippen LogP contribution is -2.24. The van der Waals surface area contributed by atoms with E-state index in [9.17, 15) is 0 Å². The van der Waals surface area contributed by atoms with E-state index in [4.69, 9.17) is 10.9 Å². The number of nitrogens with one attached hydrogen (secondary N) is 1. The summed E-state index contributed by atoms with van der Waals surface area (Å²) in [5, 5.41) is 8.49. The number of aliphatic hydroxyl groups is 1. The van der Waals surface area contributed by atoms with Gasteiger partial charge in [0.1, 0.15) is 7.85 Å². The van der Waals surface area contributed by atoms with E-state index in [1.54, 1.807) is 0 Å². The molecular formula is C4H13BN2O. The molecule has 0 aliphatic carbocycles. The van der Waals surface area contributed by atoms with Crippen molar-refractivity contribution in [1.82, 2.24) is 5.43 Å². The average Bonchev–Trinajstić information content (AvgIpc) is 1.83. The minimum absolute atomic E-state index is 0.252. The summed E-state index contributed by atoms with van der Waals surface area (Å²) in [6.45, 7) is 1.03. The van der Waals surface area contributed by atoms with Gasteiger partial charge in [0, 0.05) is 13.2 Å². The molecule has 0 heterocycles. The van der Waals surface area contributed by atoms with Gasteiger partial charge < -0.3 is 5.11 Å². The Bertz CT molecular complexity index is 53.3. The van der Waals surface area contributed by atoms with Crippen molar-refractivity contribution < 1.29 is 5.11 Å². The Morgan fingerprint density at radius 1 is 1.75 bits per heavy atom. The predicted octanol–water partition coefficient (Wildman–Crippen LogP) is -1.75. The third kappa shape index (κ3) is 4.11. The van der Waals surface area contributed by atoms with Gasteiger partial charge in [-0.15, -0.1) is 0 Å². The minimum atomic E-state index is 0.252. The number of hydrogen-bond donors (Lipinski definition) is 3. The fraction of sp³-hybridized carbons (Fsp3) is 1.00. The van der Waals surface area contributed by atoms with Gasteiger partial charge in [-0.2, -0.15) is 0 Å². The van der Waals surface area contributed by atoms with Crippen molar-refractivity contribution >= 4 is 7.85 Å². The van der Waals surface area contributed by atoms with E-state index in [0.717, 1.165) is 13.0 Å². The van der Waals surface area contributed by atoms with Gasteiger partial charge in [-0.25, -0.2) is 0 Å². The van der Waals surface area contributed by atoms with E-state index in [2.05, 4.69) is 5.43 Å². The molecule has 0 aliphatic heterocycles. The first-order valence-corrected chi connectivity index (χ1v) is 2.85. The predicted molar refractivity (Wildman–Crippen MR) is 36.2 cm³/mol. The van der Waals surface area contributed by atoms with E-state index in [-0.39, 0.29) is 6.61 Å². The highest BCUT2D eigenvalue weighted by atomic mass is 16.3. The Kier molecular flexibility index (Phi) is 5.05. The maximum absolute atomic E-state index is 8.49. The first kappa shape index (κ1) is 7.94. The molecule has 0 aromatic heterocycles. The third-order valence-corrected chi connectivity index (χ3v) is 1.09. The lowest BCUT2D eigenvalue weighted by Gasteiger charge is -2.04. The molecule has 0 saturated heterocycles. The standard InChI is InChI=1S/C4H13BN2O/c5-4(3-8)1-2-7-6/h4,7-8H,1-3,5-6H2/t4-/m0/s1. The number of hydrogen-bond acceptors (Lipinski definition) is 3. The van der Waals surface area contributed by atoms with Crippen LogP contribution in [-0.2, 0) is 0 Å². The normalized spacial score (nSPS) is 13.8. The maximum atomic E-state index is 8.49. The molecule has 0 aromatic rings. The van der Waals surface area contributed by atoms with Gasteiger partial charge in [0.15, 0.2) is 0 Å². The van der Waals surface area contributed by atoms with Crippen LogP contribution >= 0.6 is 0 Å². The van der Waals surface area contributed by atoms with Gasteiger partial charge in [0.25, 0.3) is 0 Å². The number of rotatable bonds is 4. The lowest BCUT2D eigenvalue weighted by atomic mass is 9.85. The number of aliphatic hydroxyl groups excluding tert-OH is 1. The first-order chi connectivity index (χ1) is 3.81. The van der Waals surface area contributed by atoms with E-state index in [1.165, 1.54) is 0 Å². The summed E-state index contributed by atoms with van der Waals surface area (Å²) in [6.07, 6.45) is 0.938. The van der Waals surface area contributed by atoms with Gasteiger partial charge in [-0.1, -0.05) is 0 Å². The topological polar surface area (TPSA) is 58.3 Å².